The third-order valence-corrected chi connectivity index (χ3v) is 7.41. The fourth-order valence-corrected chi connectivity index (χ4v) is 5.53. The largest absolute Gasteiger partial charge is 0.433 e. The van der Waals surface area contributed by atoms with Crippen LogP contribution in [0, 0.1) is 0 Å². The van der Waals surface area contributed by atoms with Crippen molar-refractivity contribution in [3.8, 4) is 17.1 Å². The first kappa shape index (κ1) is 19.5. The van der Waals surface area contributed by atoms with Gasteiger partial charge in [0.25, 0.3) is 10.0 Å². The molecule has 6 nitrogen and oxygen atoms in total. The van der Waals surface area contributed by atoms with E-state index >= 15 is 0 Å². The number of benzene rings is 2. The molecule has 5 rings (SSSR count). The van der Waals surface area contributed by atoms with Crippen LogP contribution < -0.4 is 9.46 Å². The summed E-state index contributed by atoms with van der Waals surface area (Å²) < 4.78 is 64.4. The maximum atomic E-state index is 12.9. The van der Waals surface area contributed by atoms with Crippen LogP contribution >= 0.6 is 15.9 Å². The van der Waals surface area contributed by atoms with E-state index in [0.29, 0.717) is 17.7 Å². The second kappa shape index (κ2) is 6.78. The second-order valence-corrected chi connectivity index (χ2v) is 9.98. The molecule has 0 saturated heterocycles. The molecule has 30 heavy (non-hydrogen) atoms. The minimum absolute atomic E-state index is 0.0501. The van der Waals surface area contributed by atoms with Gasteiger partial charge in [0.1, 0.15) is 10.6 Å². The van der Waals surface area contributed by atoms with Crippen LogP contribution in [0.3, 0.4) is 0 Å². The molecule has 1 saturated carbocycles. The third-order valence-electron chi connectivity index (χ3n) is 5.54. The molecule has 1 N–H and O–H groups in total. The number of hydrogen-bond donors (Lipinski definition) is 1. The summed E-state index contributed by atoms with van der Waals surface area (Å²) in [4.78, 5) is -0.401. The Kier molecular flexibility index (Phi) is 4.41. The molecule has 3 aromatic rings. The van der Waals surface area contributed by atoms with Crippen LogP contribution in [0.25, 0.3) is 11.3 Å². The van der Waals surface area contributed by atoms with Crippen LogP contribution in [0.1, 0.15) is 24.0 Å². The molecule has 2 aliphatic carbocycles. The van der Waals surface area contributed by atoms with Gasteiger partial charge in [-0.3, -0.25) is 4.72 Å². The van der Waals surface area contributed by atoms with E-state index in [0.717, 1.165) is 22.9 Å². The number of sulfonamides is 1. The molecule has 10 heteroatoms. The highest BCUT2D eigenvalue weighted by Gasteiger charge is 2.50. The lowest BCUT2D eigenvalue weighted by molar-refractivity contribution is -0.0517. The van der Waals surface area contributed by atoms with E-state index in [4.69, 9.17) is 4.52 Å². The fraction of sp³-hybridized carbons (Fsp3) is 0.250. The van der Waals surface area contributed by atoms with Gasteiger partial charge in [0.15, 0.2) is 11.6 Å². The van der Waals surface area contributed by atoms with Gasteiger partial charge >= 0.3 is 6.61 Å². The minimum atomic E-state index is -4.24. The summed E-state index contributed by atoms with van der Waals surface area (Å²) in [7, 11) is -4.24. The zero-order valence-corrected chi connectivity index (χ0v) is 17.8. The van der Waals surface area contributed by atoms with E-state index in [9.17, 15) is 17.2 Å². The molecule has 0 amide bonds. The molecular formula is C20H15BrF2N2O4S. The predicted octanol–water partition coefficient (Wildman–Crippen LogP) is 5.09. The average molecular weight is 497 g/mol. The van der Waals surface area contributed by atoms with Crippen LogP contribution in [0.4, 0.5) is 14.6 Å². The molecule has 0 radical (unpaired) electrons. The van der Waals surface area contributed by atoms with Crippen LogP contribution in [-0.4, -0.2) is 20.2 Å². The lowest BCUT2D eigenvalue weighted by Gasteiger charge is -2.24. The molecule has 0 bridgehead atoms. The number of ether oxygens (including phenoxy) is 1. The summed E-state index contributed by atoms with van der Waals surface area (Å²) >= 11 is 3.47. The SMILES string of the molecule is O=S(=O)(Nc1noc2c1CC1(CC1)c1ccc(Br)cc1-2)c1ccccc1OC(F)F. The average Bonchev–Trinajstić information content (AvgIpc) is 3.35. The highest BCUT2D eigenvalue weighted by atomic mass is 79.9. The van der Waals surface area contributed by atoms with Crippen LogP contribution in [0.5, 0.6) is 5.75 Å². The topological polar surface area (TPSA) is 81.4 Å². The quantitative estimate of drug-likeness (QED) is 0.531. The molecule has 1 heterocycles. The van der Waals surface area contributed by atoms with Gasteiger partial charge in [-0.25, -0.2) is 8.42 Å². The van der Waals surface area contributed by atoms with E-state index in [1.165, 1.54) is 29.8 Å². The summed E-state index contributed by atoms with van der Waals surface area (Å²) in [5.74, 6) is 0.137. The zero-order chi connectivity index (χ0) is 21.1. The molecule has 1 aromatic heterocycles. The van der Waals surface area contributed by atoms with E-state index in [2.05, 4.69) is 36.6 Å². The van der Waals surface area contributed by atoms with Gasteiger partial charge in [0.2, 0.25) is 0 Å². The van der Waals surface area contributed by atoms with Crippen molar-refractivity contribution in [2.45, 2.75) is 36.2 Å². The molecule has 2 aliphatic rings. The van der Waals surface area contributed by atoms with Crippen molar-refractivity contribution < 1.29 is 26.5 Å². The molecule has 2 aromatic carbocycles. The van der Waals surface area contributed by atoms with E-state index in [1.54, 1.807) is 0 Å². The molecule has 0 unspecified atom stereocenters. The summed E-state index contributed by atoms with van der Waals surface area (Å²) in [6.07, 6.45) is 2.57. The highest BCUT2D eigenvalue weighted by Crippen LogP contribution is 2.58. The van der Waals surface area contributed by atoms with Crippen molar-refractivity contribution in [1.82, 2.24) is 5.16 Å². The standard InChI is InChI=1S/C20H15BrF2N2O4S/c21-11-5-6-14-12(9-11)17-13(10-20(14)7-8-20)18(24-29-17)25-30(26,27)16-4-2-1-3-15(16)28-19(22)23/h1-6,9,19H,7-8,10H2,(H,24,25). The number of fused-ring (bicyclic) bond motifs is 4. The number of nitrogens with one attached hydrogen (secondary N) is 1. The number of hydrogen-bond acceptors (Lipinski definition) is 5. The van der Waals surface area contributed by atoms with Crippen molar-refractivity contribution in [2.24, 2.45) is 0 Å². The van der Waals surface area contributed by atoms with Crippen LogP contribution in [-0.2, 0) is 21.9 Å². The molecule has 0 atom stereocenters. The summed E-state index contributed by atoms with van der Waals surface area (Å²) in [5.41, 5.74) is 2.65. The highest BCUT2D eigenvalue weighted by molar-refractivity contribution is 9.10. The Labute approximate surface area is 179 Å². The smallest absolute Gasteiger partial charge is 0.387 e. The molecule has 156 valence electrons. The number of alkyl halides is 2. The molecule has 1 fully saturated rings. The second-order valence-electron chi connectivity index (χ2n) is 7.42. The lowest BCUT2D eigenvalue weighted by atomic mass is 9.79. The maximum absolute atomic E-state index is 12.9. The number of anilines is 1. The fourth-order valence-electron chi connectivity index (χ4n) is 4.01. The monoisotopic (exact) mass is 496 g/mol. The third kappa shape index (κ3) is 3.18. The Hall–Kier alpha value is -2.46. The van der Waals surface area contributed by atoms with Crippen LogP contribution in [0.2, 0.25) is 0 Å². The van der Waals surface area contributed by atoms with Gasteiger partial charge in [0, 0.05) is 21.0 Å². The van der Waals surface area contributed by atoms with Gasteiger partial charge in [0.05, 0.1) is 0 Å². The van der Waals surface area contributed by atoms with Gasteiger partial charge in [-0.1, -0.05) is 39.3 Å². The Bertz CT molecular complexity index is 1260. The predicted molar refractivity (Wildman–Crippen MR) is 108 cm³/mol. The van der Waals surface area contributed by atoms with Gasteiger partial charge in [-0.15, -0.1) is 0 Å². The molecular weight excluding hydrogens is 482 g/mol. The number of rotatable bonds is 5. The van der Waals surface area contributed by atoms with E-state index < -0.39 is 27.3 Å². The first-order chi connectivity index (χ1) is 14.3. The normalized spacial score (nSPS) is 16.3. The minimum Gasteiger partial charge on any atom is -0.433 e. The maximum Gasteiger partial charge on any atom is 0.387 e. The number of para-hydroxylation sites is 1. The van der Waals surface area contributed by atoms with Crippen molar-refractivity contribution >= 4 is 31.8 Å². The summed E-state index contributed by atoms with van der Waals surface area (Å²) in [6, 6.07) is 11.2. The molecule has 1 spiro atoms. The number of halogens is 3. The Balaban J connectivity index is 1.55. The van der Waals surface area contributed by atoms with Crippen molar-refractivity contribution in [3.05, 3.63) is 58.1 Å². The first-order valence-corrected chi connectivity index (χ1v) is 11.4. The van der Waals surface area contributed by atoms with Crippen molar-refractivity contribution in [1.29, 1.82) is 0 Å². The van der Waals surface area contributed by atoms with Crippen molar-refractivity contribution in [3.63, 3.8) is 0 Å². The van der Waals surface area contributed by atoms with Gasteiger partial charge in [-0.2, -0.15) is 8.78 Å². The van der Waals surface area contributed by atoms with Crippen molar-refractivity contribution in [2.75, 3.05) is 4.72 Å². The molecule has 0 aliphatic heterocycles. The lowest BCUT2D eigenvalue weighted by Crippen LogP contribution is -2.20. The Morgan fingerprint density at radius 3 is 2.70 bits per heavy atom. The van der Waals surface area contributed by atoms with Gasteiger partial charge in [-0.05, 0) is 49.1 Å². The van der Waals surface area contributed by atoms with Crippen LogP contribution in [0.15, 0.2) is 56.4 Å². The first-order valence-electron chi connectivity index (χ1n) is 9.15. The zero-order valence-electron chi connectivity index (χ0n) is 15.4. The number of nitrogens with zero attached hydrogens (tertiary/aromatic N) is 1. The summed E-state index contributed by atoms with van der Waals surface area (Å²) in [6.45, 7) is -3.15. The Morgan fingerprint density at radius 1 is 1.20 bits per heavy atom. The number of aromatic nitrogens is 1. The van der Waals surface area contributed by atoms with E-state index in [-0.39, 0.29) is 11.2 Å². The van der Waals surface area contributed by atoms with Gasteiger partial charge < -0.3 is 9.26 Å². The summed E-state index contributed by atoms with van der Waals surface area (Å²) in [5, 5.41) is 3.95. The van der Waals surface area contributed by atoms with E-state index in [1.807, 2.05) is 12.1 Å². The Morgan fingerprint density at radius 2 is 1.97 bits per heavy atom.